The molecule has 0 fully saturated rings. The summed E-state index contributed by atoms with van der Waals surface area (Å²) in [6.07, 6.45) is 0. The maximum atomic E-state index is 12.8. The molecule has 0 aromatic heterocycles. The first-order valence-corrected chi connectivity index (χ1v) is 13.5. The normalized spacial score (nSPS) is 20.3. The van der Waals surface area contributed by atoms with Crippen molar-refractivity contribution in [2.45, 2.75) is 11.6 Å². The van der Waals surface area contributed by atoms with Gasteiger partial charge in [-0.05, 0) is 33.7 Å². The molecule has 2 aliphatic heterocycles. The number of hydrogen-bond donors (Lipinski definition) is 2. The smallest absolute Gasteiger partial charge is 0.300 e. The molecule has 2 atom stereocenters. The van der Waals surface area contributed by atoms with Crippen molar-refractivity contribution in [2.75, 3.05) is 0 Å². The Morgan fingerprint density at radius 3 is 1.19 bits per heavy atom. The van der Waals surface area contributed by atoms with E-state index in [0.29, 0.717) is 33.8 Å². The van der Waals surface area contributed by atoms with E-state index in [9.17, 15) is 19.8 Å². The first-order valence-electron chi connectivity index (χ1n) is 13.5. The van der Waals surface area contributed by atoms with E-state index in [1.54, 1.807) is 60.7 Å². The lowest BCUT2D eigenvalue weighted by atomic mass is 9.95. The van der Waals surface area contributed by atoms with Gasteiger partial charge in [0, 0.05) is 11.1 Å². The second kappa shape index (κ2) is 9.66. The highest BCUT2D eigenvalue weighted by molar-refractivity contribution is 6.16. The zero-order valence-corrected chi connectivity index (χ0v) is 22.2. The van der Waals surface area contributed by atoms with Crippen LogP contribution in [0.1, 0.15) is 31.8 Å². The first kappa shape index (κ1) is 25.7. The number of carbonyl (C=O) groups is 2. The van der Waals surface area contributed by atoms with E-state index in [4.69, 9.17) is 9.47 Å². The van der Waals surface area contributed by atoms with Crippen molar-refractivity contribution < 1.29 is 29.3 Å². The molecule has 0 unspecified atom stereocenters. The van der Waals surface area contributed by atoms with Crippen LogP contribution in [0.3, 0.4) is 0 Å². The number of benzene rings is 6. The minimum absolute atomic E-state index is 0.416. The number of ether oxygens (including phenoxy) is 2. The lowest BCUT2D eigenvalue weighted by Crippen LogP contribution is -2.36. The molecule has 0 amide bonds. The van der Waals surface area contributed by atoms with Crippen molar-refractivity contribution >= 4 is 33.1 Å². The van der Waals surface area contributed by atoms with Gasteiger partial charge in [-0.15, -0.1) is 0 Å². The Morgan fingerprint density at radius 2 is 0.786 bits per heavy atom. The number of fused-ring (bicyclic) bond motifs is 6. The van der Waals surface area contributed by atoms with Crippen LogP contribution in [0.15, 0.2) is 133 Å². The molecule has 2 aliphatic rings. The summed E-state index contributed by atoms with van der Waals surface area (Å²) < 4.78 is 11.2. The largest absolute Gasteiger partial charge is 0.450 e. The first-order chi connectivity index (χ1) is 20.4. The summed E-state index contributed by atoms with van der Waals surface area (Å²) >= 11 is 0. The predicted octanol–water partition coefficient (Wildman–Crippen LogP) is 6.52. The summed E-state index contributed by atoms with van der Waals surface area (Å²) in [6, 6.07) is 39.9. The maximum Gasteiger partial charge on any atom is 0.300 e. The monoisotopic (exact) mass is 552 g/mol. The molecule has 0 bridgehead atoms. The molecule has 6 aromatic rings. The summed E-state index contributed by atoms with van der Waals surface area (Å²) in [5.41, 5.74) is 1.77. The van der Waals surface area contributed by atoms with Crippen LogP contribution in [-0.2, 0) is 11.6 Å². The van der Waals surface area contributed by atoms with E-state index >= 15 is 0 Å². The zero-order chi connectivity index (χ0) is 28.9. The highest BCUT2D eigenvalue weighted by atomic mass is 16.6. The fourth-order valence-corrected chi connectivity index (χ4v) is 5.60. The Balaban J connectivity index is 0.000000137. The van der Waals surface area contributed by atoms with Crippen molar-refractivity contribution in [1.82, 2.24) is 0 Å². The number of ketones is 2. The SMILES string of the molecule is O=C1c2c(ccc3ccccc23)O[C@]1(O)c1ccccc1.O=C1c2c(ccc3ccccc23)O[C@]1(O)c1ccccc1. The molecule has 0 aliphatic carbocycles. The molecule has 2 N–H and O–H groups in total. The third-order valence-corrected chi connectivity index (χ3v) is 7.70. The third-order valence-electron chi connectivity index (χ3n) is 7.70. The Labute approximate surface area is 241 Å². The fraction of sp³-hybridized carbons (Fsp3) is 0.0556. The van der Waals surface area contributed by atoms with Crippen LogP contribution < -0.4 is 9.47 Å². The molecular weight excluding hydrogens is 528 g/mol. The van der Waals surface area contributed by atoms with Gasteiger partial charge in [0.05, 0.1) is 11.1 Å². The van der Waals surface area contributed by atoms with Gasteiger partial charge in [-0.1, -0.05) is 121 Å². The second-order valence-corrected chi connectivity index (χ2v) is 10.2. The topological polar surface area (TPSA) is 93.1 Å². The Bertz CT molecular complexity index is 1860. The summed E-state index contributed by atoms with van der Waals surface area (Å²) in [7, 11) is 0. The van der Waals surface area contributed by atoms with Gasteiger partial charge >= 0.3 is 0 Å². The van der Waals surface area contributed by atoms with Crippen LogP contribution in [-0.4, -0.2) is 21.8 Å². The van der Waals surface area contributed by atoms with Gasteiger partial charge in [-0.2, -0.15) is 0 Å². The molecule has 2 heterocycles. The molecule has 6 heteroatoms. The maximum absolute atomic E-state index is 12.8. The van der Waals surface area contributed by atoms with Gasteiger partial charge in [0.25, 0.3) is 11.6 Å². The highest BCUT2D eigenvalue weighted by Gasteiger charge is 2.50. The molecule has 6 nitrogen and oxygen atoms in total. The van der Waals surface area contributed by atoms with E-state index in [1.165, 1.54) is 0 Å². The summed E-state index contributed by atoms with van der Waals surface area (Å²) in [6.45, 7) is 0. The van der Waals surface area contributed by atoms with Crippen molar-refractivity contribution in [3.8, 4) is 11.5 Å². The lowest BCUT2D eigenvalue weighted by Gasteiger charge is -2.20. The minimum Gasteiger partial charge on any atom is -0.450 e. The van der Waals surface area contributed by atoms with Crippen LogP contribution in [0.5, 0.6) is 11.5 Å². The zero-order valence-electron chi connectivity index (χ0n) is 22.2. The molecule has 0 saturated carbocycles. The lowest BCUT2D eigenvalue weighted by molar-refractivity contribution is -0.0960. The molecule has 204 valence electrons. The molecule has 0 radical (unpaired) electrons. The van der Waals surface area contributed by atoms with Crippen molar-refractivity contribution in [1.29, 1.82) is 0 Å². The molecule has 6 aromatic carbocycles. The van der Waals surface area contributed by atoms with Gasteiger partial charge in [-0.3, -0.25) is 9.59 Å². The van der Waals surface area contributed by atoms with Crippen molar-refractivity contribution in [3.05, 3.63) is 156 Å². The van der Waals surface area contributed by atoms with Crippen LogP contribution in [0.4, 0.5) is 0 Å². The standard InChI is InChI=1S/2C18H12O3/c2*19-17-16-14-9-5-4-6-12(14)10-11-15(16)21-18(17,20)13-7-2-1-3-8-13/h2*1-11,20H/t2*18-/m11/s1. The van der Waals surface area contributed by atoms with E-state index in [-0.39, 0.29) is 0 Å². The number of rotatable bonds is 2. The average molecular weight is 553 g/mol. The molecule has 0 saturated heterocycles. The van der Waals surface area contributed by atoms with Crippen molar-refractivity contribution in [3.63, 3.8) is 0 Å². The van der Waals surface area contributed by atoms with Crippen LogP contribution in [0.25, 0.3) is 21.5 Å². The number of carbonyl (C=O) groups excluding carboxylic acids is 2. The highest BCUT2D eigenvalue weighted by Crippen LogP contribution is 2.44. The van der Waals surface area contributed by atoms with E-state index < -0.39 is 23.1 Å². The summed E-state index contributed by atoms with van der Waals surface area (Å²) in [5.74, 6) is -3.86. The minimum atomic E-state index is -1.94. The predicted molar refractivity (Wildman–Crippen MR) is 158 cm³/mol. The molecule has 0 spiro atoms. The van der Waals surface area contributed by atoms with E-state index in [0.717, 1.165) is 21.5 Å². The Morgan fingerprint density at radius 1 is 0.429 bits per heavy atom. The van der Waals surface area contributed by atoms with Gasteiger partial charge < -0.3 is 19.7 Å². The number of hydrogen-bond acceptors (Lipinski definition) is 6. The van der Waals surface area contributed by atoms with E-state index in [1.807, 2.05) is 72.8 Å². The summed E-state index contributed by atoms with van der Waals surface area (Å²) in [5, 5.41) is 25.0. The van der Waals surface area contributed by atoms with Gasteiger partial charge in [0.2, 0.25) is 11.6 Å². The number of aliphatic hydroxyl groups is 2. The molecule has 42 heavy (non-hydrogen) atoms. The van der Waals surface area contributed by atoms with Crippen LogP contribution >= 0.6 is 0 Å². The van der Waals surface area contributed by atoms with E-state index in [2.05, 4.69) is 0 Å². The number of Topliss-reactive ketones (excluding diaryl/α,β-unsaturated/α-hetero) is 2. The Kier molecular flexibility index (Phi) is 5.90. The summed E-state index contributed by atoms with van der Waals surface area (Å²) in [4.78, 5) is 25.5. The van der Waals surface area contributed by atoms with Crippen LogP contribution in [0.2, 0.25) is 0 Å². The molecule has 8 rings (SSSR count). The average Bonchev–Trinajstić information content (AvgIpc) is 3.48. The fourth-order valence-electron chi connectivity index (χ4n) is 5.60. The van der Waals surface area contributed by atoms with Gasteiger partial charge in [0.1, 0.15) is 11.5 Å². The second-order valence-electron chi connectivity index (χ2n) is 10.2. The quantitative estimate of drug-likeness (QED) is 0.254. The van der Waals surface area contributed by atoms with Crippen molar-refractivity contribution in [2.24, 2.45) is 0 Å². The van der Waals surface area contributed by atoms with Gasteiger partial charge in [-0.25, -0.2) is 0 Å². The van der Waals surface area contributed by atoms with Crippen LogP contribution in [0, 0.1) is 0 Å². The Hall–Kier alpha value is -5.30. The van der Waals surface area contributed by atoms with Gasteiger partial charge in [0.15, 0.2) is 0 Å². The molecular formula is C36H24O6. The third kappa shape index (κ3) is 3.89.